The van der Waals surface area contributed by atoms with Gasteiger partial charge in [0.2, 0.25) is 0 Å². The van der Waals surface area contributed by atoms with E-state index in [-0.39, 0.29) is 24.2 Å². The summed E-state index contributed by atoms with van der Waals surface area (Å²) in [6, 6.07) is 7.90. The van der Waals surface area contributed by atoms with Crippen molar-refractivity contribution in [3.8, 4) is 5.75 Å². The van der Waals surface area contributed by atoms with Gasteiger partial charge in [-0.25, -0.2) is 4.79 Å². The van der Waals surface area contributed by atoms with Crippen LogP contribution in [0.5, 0.6) is 5.75 Å². The smallest absolute Gasteiger partial charge is 0.317 e. The lowest BCUT2D eigenvalue weighted by Gasteiger charge is -2.31. The Morgan fingerprint density at radius 1 is 1.35 bits per heavy atom. The van der Waals surface area contributed by atoms with Crippen LogP contribution in [-0.4, -0.2) is 48.4 Å². The topological polar surface area (TPSA) is 61.8 Å². The molecule has 1 aliphatic carbocycles. The number of aliphatic hydroxyl groups is 1. The third kappa shape index (κ3) is 3.96. The molecule has 1 aliphatic heterocycles. The van der Waals surface area contributed by atoms with Gasteiger partial charge >= 0.3 is 6.03 Å². The van der Waals surface area contributed by atoms with Gasteiger partial charge in [0.1, 0.15) is 11.9 Å². The fourth-order valence-electron chi connectivity index (χ4n) is 3.54. The first-order valence-corrected chi connectivity index (χ1v) is 8.55. The van der Waals surface area contributed by atoms with E-state index in [1.165, 1.54) is 5.56 Å². The molecule has 1 saturated carbocycles. The van der Waals surface area contributed by atoms with Crippen molar-refractivity contribution in [2.75, 3.05) is 20.1 Å². The summed E-state index contributed by atoms with van der Waals surface area (Å²) >= 11 is 0. The van der Waals surface area contributed by atoms with Gasteiger partial charge in [-0.2, -0.15) is 0 Å². The first-order valence-electron chi connectivity index (χ1n) is 8.55. The van der Waals surface area contributed by atoms with Crippen LogP contribution < -0.4 is 10.1 Å². The minimum atomic E-state index is -0.272. The van der Waals surface area contributed by atoms with Crippen molar-refractivity contribution in [3.05, 3.63) is 29.8 Å². The minimum absolute atomic E-state index is 0.00465. The van der Waals surface area contributed by atoms with Crippen LogP contribution in [0.1, 0.15) is 31.2 Å². The molecule has 5 nitrogen and oxygen atoms in total. The Balaban J connectivity index is 1.43. The molecular weight excluding hydrogens is 292 g/mol. The summed E-state index contributed by atoms with van der Waals surface area (Å²) in [5.74, 6) is 1.12. The van der Waals surface area contributed by atoms with E-state index in [0.717, 1.165) is 37.9 Å². The van der Waals surface area contributed by atoms with Crippen LogP contribution in [0.2, 0.25) is 0 Å². The first-order chi connectivity index (χ1) is 11.1. The molecule has 2 amide bonds. The number of carbonyl (C=O) groups excluding carboxylic acids is 1. The van der Waals surface area contributed by atoms with Crippen LogP contribution in [0.25, 0.3) is 0 Å². The first kappa shape index (κ1) is 16.1. The molecule has 2 N–H and O–H groups in total. The predicted molar refractivity (Wildman–Crippen MR) is 88.6 cm³/mol. The third-order valence-corrected chi connectivity index (χ3v) is 4.92. The number of amides is 2. The Bertz CT molecular complexity index is 524. The Labute approximate surface area is 137 Å². The van der Waals surface area contributed by atoms with Gasteiger partial charge in [-0.15, -0.1) is 0 Å². The number of urea groups is 1. The molecule has 0 spiro atoms. The molecule has 2 aliphatic rings. The number of aliphatic hydroxyl groups excluding tert-OH is 1. The van der Waals surface area contributed by atoms with Crippen molar-refractivity contribution in [1.29, 1.82) is 0 Å². The molecule has 5 heteroatoms. The van der Waals surface area contributed by atoms with Crippen molar-refractivity contribution in [2.45, 2.75) is 44.3 Å². The van der Waals surface area contributed by atoms with Gasteiger partial charge in [-0.3, -0.25) is 0 Å². The standard InChI is InChI=1S/C18H26N2O3/c1-20(12-14-7-2-4-8-16(14)21)18(22)19-11-15-10-13-6-3-5-9-17(13)23-15/h3,5-6,9,14-16,21H,2,4,7-8,10-12H2,1H3,(H,19,22)/t14-,15-,16+/m0/s1. The van der Waals surface area contributed by atoms with Crippen molar-refractivity contribution in [1.82, 2.24) is 10.2 Å². The normalized spacial score (nSPS) is 26.3. The fourth-order valence-corrected chi connectivity index (χ4v) is 3.54. The molecule has 0 bridgehead atoms. The summed E-state index contributed by atoms with van der Waals surface area (Å²) in [6.45, 7) is 1.11. The van der Waals surface area contributed by atoms with Crippen molar-refractivity contribution >= 4 is 6.03 Å². The number of para-hydroxylation sites is 1. The average Bonchev–Trinajstić information content (AvgIpc) is 2.97. The number of nitrogens with zero attached hydrogens (tertiary/aromatic N) is 1. The molecule has 1 aromatic rings. The summed E-state index contributed by atoms with van der Waals surface area (Å²) in [5, 5.41) is 13.0. The molecule has 3 rings (SSSR count). The van der Waals surface area contributed by atoms with E-state index in [1.54, 1.807) is 11.9 Å². The highest BCUT2D eigenvalue weighted by Gasteiger charge is 2.27. The summed E-state index contributed by atoms with van der Waals surface area (Å²) in [4.78, 5) is 13.9. The van der Waals surface area contributed by atoms with E-state index in [4.69, 9.17) is 4.74 Å². The molecule has 23 heavy (non-hydrogen) atoms. The van der Waals surface area contributed by atoms with Crippen LogP contribution in [0.15, 0.2) is 24.3 Å². The van der Waals surface area contributed by atoms with Crippen LogP contribution in [-0.2, 0) is 6.42 Å². The quantitative estimate of drug-likeness (QED) is 0.894. The predicted octanol–water partition coefficient (Wildman–Crippen LogP) is 2.18. The molecule has 0 saturated heterocycles. The van der Waals surface area contributed by atoms with Crippen LogP contribution in [0.3, 0.4) is 0 Å². The number of nitrogens with one attached hydrogen (secondary N) is 1. The maximum atomic E-state index is 12.2. The molecule has 1 heterocycles. The summed E-state index contributed by atoms with van der Waals surface area (Å²) in [6.07, 6.45) is 4.66. The summed E-state index contributed by atoms with van der Waals surface area (Å²) in [5.41, 5.74) is 1.20. The molecule has 0 unspecified atom stereocenters. The van der Waals surface area contributed by atoms with Gasteiger partial charge in [-0.05, 0) is 24.5 Å². The second-order valence-electron chi connectivity index (χ2n) is 6.73. The zero-order valence-electron chi connectivity index (χ0n) is 13.7. The maximum absolute atomic E-state index is 12.2. The van der Waals surface area contributed by atoms with Crippen LogP contribution in [0.4, 0.5) is 4.79 Å². The number of benzene rings is 1. The van der Waals surface area contributed by atoms with Gasteiger partial charge < -0.3 is 20.1 Å². The molecule has 1 fully saturated rings. The number of fused-ring (bicyclic) bond motifs is 1. The Hall–Kier alpha value is -1.75. The zero-order chi connectivity index (χ0) is 16.2. The molecule has 3 atom stereocenters. The van der Waals surface area contributed by atoms with Gasteiger partial charge in [-0.1, -0.05) is 31.0 Å². The van der Waals surface area contributed by atoms with Gasteiger partial charge in [0, 0.05) is 25.9 Å². The van der Waals surface area contributed by atoms with E-state index in [1.807, 2.05) is 18.2 Å². The Morgan fingerprint density at radius 3 is 2.91 bits per heavy atom. The molecule has 1 aromatic carbocycles. The van der Waals surface area contributed by atoms with Crippen molar-refractivity contribution in [3.63, 3.8) is 0 Å². The maximum Gasteiger partial charge on any atom is 0.317 e. The summed E-state index contributed by atoms with van der Waals surface area (Å²) in [7, 11) is 1.79. The lowest BCUT2D eigenvalue weighted by molar-refractivity contribution is 0.0563. The van der Waals surface area contributed by atoms with Crippen molar-refractivity contribution < 1.29 is 14.6 Å². The van der Waals surface area contributed by atoms with Crippen LogP contribution in [0, 0.1) is 5.92 Å². The number of hydrogen-bond acceptors (Lipinski definition) is 3. The highest BCUT2D eigenvalue weighted by atomic mass is 16.5. The summed E-state index contributed by atoms with van der Waals surface area (Å²) < 4.78 is 5.83. The minimum Gasteiger partial charge on any atom is -0.488 e. The number of carbonyl (C=O) groups is 1. The second-order valence-corrected chi connectivity index (χ2v) is 6.73. The highest BCUT2D eigenvalue weighted by Crippen LogP contribution is 2.28. The van der Waals surface area contributed by atoms with Gasteiger partial charge in [0.25, 0.3) is 0 Å². The lowest BCUT2D eigenvalue weighted by atomic mass is 9.86. The molecular formula is C18H26N2O3. The highest BCUT2D eigenvalue weighted by molar-refractivity contribution is 5.73. The van der Waals surface area contributed by atoms with Gasteiger partial charge in [0.05, 0.1) is 12.6 Å². The van der Waals surface area contributed by atoms with Crippen molar-refractivity contribution in [2.24, 2.45) is 5.92 Å². The zero-order valence-corrected chi connectivity index (χ0v) is 13.7. The Kier molecular flexibility index (Phi) is 5.06. The molecule has 126 valence electrons. The SMILES string of the molecule is CN(C[C@@H]1CCCC[C@H]1O)C(=O)NC[C@@H]1Cc2ccccc2O1. The number of rotatable bonds is 4. The average molecular weight is 318 g/mol. The lowest BCUT2D eigenvalue weighted by Crippen LogP contribution is -2.45. The number of ether oxygens (including phenoxy) is 1. The van der Waals surface area contributed by atoms with E-state index >= 15 is 0 Å². The molecule has 0 radical (unpaired) electrons. The van der Waals surface area contributed by atoms with E-state index < -0.39 is 0 Å². The fraction of sp³-hybridized carbons (Fsp3) is 0.611. The van der Waals surface area contributed by atoms with E-state index in [9.17, 15) is 9.90 Å². The number of hydrogen-bond donors (Lipinski definition) is 2. The van der Waals surface area contributed by atoms with E-state index in [0.29, 0.717) is 13.1 Å². The second kappa shape index (κ2) is 7.21. The largest absolute Gasteiger partial charge is 0.488 e. The van der Waals surface area contributed by atoms with Gasteiger partial charge in [0.15, 0.2) is 0 Å². The van der Waals surface area contributed by atoms with E-state index in [2.05, 4.69) is 11.4 Å². The third-order valence-electron chi connectivity index (χ3n) is 4.92. The molecule has 0 aromatic heterocycles. The monoisotopic (exact) mass is 318 g/mol. The Morgan fingerprint density at radius 2 is 2.13 bits per heavy atom. The van der Waals surface area contributed by atoms with Crippen LogP contribution >= 0.6 is 0 Å².